The standard InChI is InChI=1S/C20H32N4O.HI/c1-4-21-20(22-12-19(25)16-7-5-14(2)6-8-16)23-17-11-15(3)24(13-17)18-9-10-18;/h5-8,15,17-19,25H,4,9-13H2,1-3H3,(H2,21,22,23);1H. The van der Waals surface area contributed by atoms with Gasteiger partial charge in [-0.25, -0.2) is 0 Å². The molecular formula is C20H33IN4O. The lowest BCUT2D eigenvalue weighted by Gasteiger charge is -2.20. The number of aliphatic imine (C=N–C) groups is 1. The molecule has 0 aromatic heterocycles. The Morgan fingerprint density at radius 3 is 2.62 bits per heavy atom. The van der Waals surface area contributed by atoms with Crippen LogP contribution < -0.4 is 10.6 Å². The minimum absolute atomic E-state index is 0. The summed E-state index contributed by atoms with van der Waals surface area (Å²) in [5, 5.41) is 17.3. The van der Waals surface area contributed by atoms with E-state index in [1.165, 1.54) is 18.4 Å². The highest BCUT2D eigenvalue weighted by atomic mass is 127. The molecule has 0 bridgehead atoms. The van der Waals surface area contributed by atoms with Crippen LogP contribution in [-0.4, -0.2) is 53.7 Å². The first-order valence-corrected chi connectivity index (χ1v) is 9.62. The smallest absolute Gasteiger partial charge is 0.191 e. The summed E-state index contributed by atoms with van der Waals surface area (Å²) >= 11 is 0. The third-order valence-corrected chi connectivity index (χ3v) is 5.21. The van der Waals surface area contributed by atoms with E-state index in [-0.39, 0.29) is 24.0 Å². The van der Waals surface area contributed by atoms with Crippen LogP contribution in [-0.2, 0) is 0 Å². The predicted molar refractivity (Wildman–Crippen MR) is 118 cm³/mol. The SMILES string of the molecule is CCNC(=NCC(O)c1ccc(C)cc1)NC1CC(C)N(C2CC2)C1.I. The van der Waals surface area contributed by atoms with E-state index >= 15 is 0 Å². The van der Waals surface area contributed by atoms with E-state index in [1.54, 1.807) is 0 Å². The zero-order chi connectivity index (χ0) is 17.8. The molecule has 2 aliphatic rings. The second kappa shape index (κ2) is 9.90. The number of benzene rings is 1. The molecule has 1 saturated carbocycles. The number of hydrogen-bond donors (Lipinski definition) is 3. The molecule has 0 amide bonds. The first kappa shape index (κ1) is 21.4. The molecule has 1 saturated heterocycles. The van der Waals surface area contributed by atoms with Crippen molar-refractivity contribution in [2.24, 2.45) is 4.99 Å². The van der Waals surface area contributed by atoms with E-state index in [4.69, 9.17) is 0 Å². The zero-order valence-corrected chi connectivity index (χ0v) is 18.4. The van der Waals surface area contributed by atoms with Gasteiger partial charge in [0.25, 0.3) is 0 Å². The average Bonchev–Trinajstić information content (AvgIpc) is 3.37. The molecule has 1 aromatic carbocycles. The van der Waals surface area contributed by atoms with Gasteiger partial charge in [-0.05, 0) is 45.6 Å². The van der Waals surface area contributed by atoms with Crippen LogP contribution in [0, 0.1) is 6.92 Å². The molecule has 0 radical (unpaired) electrons. The highest BCUT2D eigenvalue weighted by Crippen LogP contribution is 2.33. The zero-order valence-electron chi connectivity index (χ0n) is 16.1. The van der Waals surface area contributed by atoms with Crippen molar-refractivity contribution >= 4 is 29.9 Å². The van der Waals surface area contributed by atoms with Crippen LogP contribution in [0.25, 0.3) is 0 Å². The van der Waals surface area contributed by atoms with Crippen LogP contribution in [0.1, 0.15) is 50.3 Å². The molecule has 3 unspecified atom stereocenters. The number of rotatable bonds is 6. The first-order valence-electron chi connectivity index (χ1n) is 9.62. The van der Waals surface area contributed by atoms with Crippen LogP contribution in [0.4, 0.5) is 0 Å². The van der Waals surface area contributed by atoms with Crippen molar-refractivity contribution in [3.8, 4) is 0 Å². The maximum absolute atomic E-state index is 10.4. The largest absolute Gasteiger partial charge is 0.386 e. The van der Waals surface area contributed by atoms with E-state index in [9.17, 15) is 5.11 Å². The van der Waals surface area contributed by atoms with Crippen molar-refractivity contribution in [2.45, 2.75) is 64.3 Å². The van der Waals surface area contributed by atoms with E-state index in [0.29, 0.717) is 18.6 Å². The highest BCUT2D eigenvalue weighted by Gasteiger charge is 2.38. The van der Waals surface area contributed by atoms with Crippen LogP contribution in [0.5, 0.6) is 0 Å². The molecule has 1 aliphatic heterocycles. The number of nitrogens with one attached hydrogen (secondary N) is 2. The van der Waals surface area contributed by atoms with Gasteiger partial charge in [-0.2, -0.15) is 0 Å². The Morgan fingerprint density at radius 1 is 1.31 bits per heavy atom. The summed E-state index contributed by atoms with van der Waals surface area (Å²) in [5.74, 6) is 0.809. The summed E-state index contributed by atoms with van der Waals surface area (Å²) in [6.45, 7) is 8.73. The first-order chi connectivity index (χ1) is 12.1. The third kappa shape index (κ3) is 5.82. The van der Waals surface area contributed by atoms with Crippen molar-refractivity contribution in [2.75, 3.05) is 19.6 Å². The fourth-order valence-corrected chi connectivity index (χ4v) is 3.66. The number of aliphatic hydroxyl groups excluding tert-OH is 1. The van der Waals surface area contributed by atoms with Crippen molar-refractivity contribution in [1.29, 1.82) is 0 Å². The Morgan fingerprint density at radius 2 is 2.00 bits per heavy atom. The Bertz CT molecular complexity index is 588. The summed E-state index contributed by atoms with van der Waals surface area (Å²) in [4.78, 5) is 7.24. The fraction of sp³-hybridized carbons (Fsp3) is 0.650. The molecule has 5 nitrogen and oxygen atoms in total. The summed E-state index contributed by atoms with van der Waals surface area (Å²) in [5.41, 5.74) is 2.12. The number of aliphatic hydroxyl groups is 1. The van der Waals surface area contributed by atoms with Crippen molar-refractivity contribution in [3.05, 3.63) is 35.4 Å². The van der Waals surface area contributed by atoms with E-state index in [0.717, 1.165) is 37.1 Å². The Kier molecular flexibility index (Phi) is 8.16. The molecular weight excluding hydrogens is 439 g/mol. The second-order valence-electron chi connectivity index (χ2n) is 7.50. The van der Waals surface area contributed by atoms with Gasteiger partial charge in [0.1, 0.15) is 0 Å². The molecule has 1 heterocycles. The molecule has 146 valence electrons. The molecule has 6 heteroatoms. The number of hydrogen-bond acceptors (Lipinski definition) is 3. The summed E-state index contributed by atoms with van der Waals surface area (Å²) in [7, 11) is 0. The van der Waals surface area contributed by atoms with E-state index < -0.39 is 6.10 Å². The van der Waals surface area contributed by atoms with Crippen molar-refractivity contribution < 1.29 is 5.11 Å². The summed E-state index contributed by atoms with van der Waals surface area (Å²) in [6, 6.07) is 9.89. The van der Waals surface area contributed by atoms with Gasteiger partial charge in [0.05, 0.1) is 12.6 Å². The Labute approximate surface area is 174 Å². The van der Waals surface area contributed by atoms with E-state index in [1.807, 2.05) is 24.3 Å². The van der Waals surface area contributed by atoms with Crippen molar-refractivity contribution in [1.82, 2.24) is 15.5 Å². The molecule has 26 heavy (non-hydrogen) atoms. The molecule has 3 N–H and O–H groups in total. The summed E-state index contributed by atoms with van der Waals surface area (Å²) < 4.78 is 0. The lowest BCUT2D eigenvalue weighted by molar-refractivity contribution is 0.187. The number of likely N-dealkylation sites (tertiary alicyclic amines) is 1. The molecule has 1 aromatic rings. The molecule has 1 aliphatic carbocycles. The predicted octanol–water partition coefficient (Wildman–Crippen LogP) is 2.83. The van der Waals surface area contributed by atoms with Crippen LogP contribution in [0.3, 0.4) is 0 Å². The van der Waals surface area contributed by atoms with Crippen LogP contribution in [0.2, 0.25) is 0 Å². The maximum Gasteiger partial charge on any atom is 0.191 e. The van der Waals surface area contributed by atoms with E-state index in [2.05, 4.69) is 41.3 Å². The average molecular weight is 472 g/mol. The third-order valence-electron chi connectivity index (χ3n) is 5.21. The molecule has 3 rings (SSSR count). The molecule has 0 spiro atoms. The molecule has 3 atom stereocenters. The summed E-state index contributed by atoms with van der Waals surface area (Å²) in [6.07, 6.45) is 3.30. The Hall–Kier alpha value is -0.860. The quantitative estimate of drug-likeness (QED) is 0.339. The van der Waals surface area contributed by atoms with Crippen LogP contribution >= 0.6 is 24.0 Å². The van der Waals surface area contributed by atoms with Crippen molar-refractivity contribution in [3.63, 3.8) is 0 Å². The topological polar surface area (TPSA) is 59.9 Å². The number of guanidine groups is 1. The molecule has 2 fully saturated rings. The van der Waals surface area contributed by atoms with Gasteiger partial charge in [-0.1, -0.05) is 29.8 Å². The van der Waals surface area contributed by atoms with Crippen LogP contribution in [0.15, 0.2) is 29.3 Å². The number of halogens is 1. The Balaban J connectivity index is 0.00000243. The van der Waals surface area contributed by atoms with Gasteiger partial charge in [-0.15, -0.1) is 24.0 Å². The van der Waals surface area contributed by atoms with Gasteiger partial charge in [-0.3, -0.25) is 9.89 Å². The number of aryl methyl sites for hydroxylation is 1. The minimum atomic E-state index is -0.568. The second-order valence-corrected chi connectivity index (χ2v) is 7.50. The van der Waals surface area contributed by atoms with Gasteiger partial charge >= 0.3 is 0 Å². The highest BCUT2D eigenvalue weighted by molar-refractivity contribution is 14.0. The minimum Gasteiger partial charge on any atom is -0.386 e. The number of nitrogens with zero attached hydrogens (tertiary/aromatic N) is 2. The monoisotopic (exact) mass is 472 g/mol. The normalized spacial score (nSPS) is 24.8. The van der Waals surface area contributed by atoms with Gasteiger partial charge in [0.2, 0.25) is 0 Å². The lowest BCUT2D eigenvalue weighted by atomic mass is 10.1. The maximum atomic E-state index is 10.4. The van der Waals surface area contributed by atoms with Gasteiger partial charge in [0.15, 0.2) is 5.96 Å². The van der Waals surface area contributed by atoms with Gasteiger partial charge < -0.3 is 15.7 Å². The lowest BCUT2D eigenvalue weighted by Crippen LogP contribution is -2.45. The fourth-order valence-electron chi connectivity index (χ4n) is 3.66. The van der Waals surface area contributed by atoms with Gasteiger partial charge in [0, 0.05) is 31.2 Å².